The van der Waals surface area contributed by atoms with E-state index in [1.165, 1.54) is 0 Å². The van der Waals surface area contributed by atoms with Crippen LogP contribution in [0.4, 0.5) is 0 Å². The fraction of sp³-hybridized carbons (Fsp3) is 0.500. The number of aryl methyl sites for hydroxylation is 1. The molecule has 3 heterocycles. The molecule has 0 saturated carbocycles. The van der Waals surface area contributed by atoms with Gasteiger partial charge in [0.2, 0.25) is 0 Å². The number of aromatic nitrogens is 3. The van der Waals surface area contributed by atoms with E-state index in [1.54, 1.807) is 0 Å². The van der Waals surface area contributed by atoms with Gasteiger partial charge in [-0.05, 0) is 37.5 Å². The summed E-state index contributed by atoms with van der Waals surface area (Å²) in [5.41, 5.74) is 1.98. The van der Waals surface area contributed by atoms with Crippen LogP contribution in [-0.4, -0.2) is 34.5 Å². The highest BCUT2D eigenvalue weighted by atomic mass is 32.2. The molecule has 18 heavy (non-hydrogen) atoms. The van der Waals surface area contributed by atoms with E-state index in [0.717, 1.165) is 17.0 Å². The Kier molecular flexibility index (Phi) is 2.62. The van der Waals surface area contributed by atoms with E-state index in [-0.39, 0.29) is 17.4 Å². The molecule has 0 spiro atoms. The first kappa shape index (κ1) is 11.6. The van der Waals surface area contributed by atoms with E-state index in [1.807, 2.05) is 29.7 Å². The second-order valence-electron chi connectivity index (χ2n) is 4.92. The van der Waals surface area contributed by atoms with Crippen LogP contribution in [0, 0.1) is 6.92 Å². The topological polar surface area (TPSA) is 64.3 Å². The monoisotopic (exact) mass is 265 g/mol. The van der Waals surface area contributed by atoms with Gasteiger partial charge in [0.05, 0.1) is 11.5 Å². The molecule has 0 bridgehead atoms. The summed E-state index contributed by atoms with van der Waals surface area (Å²) in [6, 6.07) is 4.00. The van der Waals surface area contributed by atoms with Crippen molar-refractivity contribution in [2.45, 2.75) is 25.7 Å². The molecule has 1 fully saturated rings. The normalized spacial score (nSPS) is 20.3. The average molecular weight is 265 g/mol. The van der Waals surface area contributed by atoms with Crippen molar-refractivity contribution in [1.82, 2.24) is 14.6 Å². The SMILES string of the molecule is Cc1ccn2c(C3CCS(=O)(=O)CC3)nnc2c1. The minimum absolute atomic E-state index is 0.200. The standard InChI is InChI=1S/C12H15N3O2S/c1-9-2-5-15-11(8-9)13-14-12(15)10-3-6-18(16,17)7-4-10/h2,5,8,10H,3-4,6-7H2,1H3. The first-order chi connectivity index (χ1) is 8.55. The number of hydrogen-bond acceptors (Lipinski definition) is 4. The van der Waals surface area contributed by atoms with Gasteiger partial charge in [-0.2, -0.15) is 0 Å². The third kappa shape index (κ3) is 2.01. The van der Waals surface area contributed by atoms with E-state index in [0.29, 0.717) is 12.8 Å². The van der Waals surface area contributed by atoms with Crippen molar-refractivity contribution in [1.29, 1.82) is 0 Å². The molecular weight excluding hydrogens is 250 g/mol. The van der Waals surface area contributed by atoms with E-state index >= 15 is 0 Å². The van der Waals surface area contributed by atoms with Gasteiger partial charge in [0.15, 0.2) is 5.65 Å². The molecule has 0 radical (unpaired) electrons. The van der Waals surface area contributed by atoms with Crippen molar-refractivity contribution in [3.63, 3.8) is 0 Å². The van der Waals surface area contributed by atoms with E-state index in [9.17, 15) is 8.42 Å². The Morgan fingerprint density at radius 2 is 2.00 bits per heavy atom. The maximum atomic E-state index is 11.4. The number of sulfone groups is 1. The number of rotatable bonds is 1. The molecule has 0 aliphatic carbocycles. The van der Waals surface area contributed by atoms with Crippen LogP contribution in [0.25, 0.3) is 5.65 Å². The van der Waals surface area contributed by atoms with Crippen molar-refractivity contribution in [2.24, 2.45) is 0 Å². The lowest BCUT2D eigenvalue weighted by Gasteiger charge is -2.20. The number of hydrogen-bond donors (Lipinski definition) is 0. The summed E-state index contributed by atoms with van der Waals surface area (Å²) in [5.74, 6) is 1.61. The zero-order valence-corrected chi connectivity index (χ0v) is 11.0. The molecule has 0 amide bonds. The summed E-state index contributed by atoms with van der Waals surface area (Å²) in [6.45, 7) is 2.02. The maximum Gasteiger partial charge on any atom is 0.161 e. The molecule has 0 N–H and O–H groups in total. The van der Waals surface area contributed by atoms with Gasteiger partial charge in [0.1, 0.15) is 15.7 Å². The molecule has 2 aromatic rings. The maximum absolute atomic E-state index is 11.4. The van der Waals surface area contributed by atoms with Crippen molar-refractivity contribution in [2.75, 3.05) is 11.5 Å². The molecule has 2 aromatic heterocycles. The molecule has 6 heteroatoms. The lowest BCUT2D eigenvalue weighted by molar-refractivity contribution is 0.534. The second kappa shape index (κ2) is 4.05. The van der Waals surface area contributed by atoms with Crippen LogP contribution >= 0.6 is 0 Å². The molecule has 0 unspecified atom stereocenters. The Balaban J connectivity index is 1.96. The molecule has 1 aliphatic heterocycles. The Labute approximate surface area is 106 Å². The number of fused-ring (bicyclic) bond motifs is 1. The van der Waals surface area contributed by atoms with Crippen molar-refractivity contribution in [3.05, 3.63) is 29.7 Å². The fourth-order valence-corrected chi connectivity index (χ4v) is 3.93. The summed E-state index contributed by atoms with van der Waals surface area (Å²) in [6.07, 6.45) is 3.26. The Morgan fingerprint density at radius 3 is 2.72 bits per heavy atom. The molecule has 5 nitrogen and oxygen atoms in total. The zero-order valence-electron chi connectivity index (χ0n) is 10.2. The van der Waals surface area contributed by atoms with Crippen LogP contribution in [0.5, 0.6) is 0 Å². The van der Waals surface area contributed by atoms with Gasteiger partial charge in [-0.1, -0.05) is 0 Å². The number of nitrogens with zero attached hydrogens (tertiary/aromatic N) is 3. The summed E-state index contributed by atoms with van der Waals surface area (Å²) in [4.78, 5) is 0. The average Bonchev–Trinajstić information content (AvgIpc) is 2.72. The van der Waals surface area contributed by atoms with E-state index in [4.69, 9.17) is 0 Å². The first-order valence-corrected chi connectivity index (χ1v) is 7.89. The van der Waals surface area contributed by atoms with Crippen molar-refractivity contribution >= 4 is 15.5 Å². The Morgan fingerprint density at radius 1 is 1.28 bits per heavy atom. The second-order valence-corrected chi connectivity index (χ2v) is 7.22. The van der Waals surface area contributed by atoms with Gasteiger partial charge >= 0.3 is 0 Å². The molecule has 1 saturated heterocycles. The lowest BCUT2D eigenvalue weighted by Crippen LogP contribution is -2.23. The molecule has 1 aliphatic rings. The smallest absolute Gasteiger partial charge is 0.161 e. The van der Waals surface area contributed by atoms with Gasteiger partial charge in [0.25, 0.3) is 0 Å². The van der Waals surface area contributed by atoms with Crippen LogP contribution in [0.2, 0.25) is 0 Å². The molecule has 0 atom stereocenters. The highest BCUT2D eigenvalue weighted by Crippen LogP contribution is 2.28. The molecule has 3 rings (SSSR count). The minimum Gasteiger partial charge on any atom is -0.286 e. The van der Waals surface area contributed by atoms with Gasteiger partial charge in [0, 0.05) is 12.1 Å². The van der Waals surface area contributed by atoms with Crippen LogP contribution in [0.1, 0.15) is 30.1 Å². The number of pyridine rings is 1. The summed E-state index contributed by atoms with van der Waals surface area (Å²) < 4.78 is 24.8. The molecular formula is C12H15N3O2S. The predicted molar refractivity (Wildman–Crippen MR) is 68.4 cm³/mol. The summed E-state index contributed by atoms with van der Waals surface area (Å²) in [7, 11) is -2.82. The molecule has 0 aromatic carbocycles. The van der Waals surface area contributed by atoms with E-state index in [2.05, 4.69) is 10.2 Å². The summed E-state index contributed by atoms with van der Waals surface area (Å²) in [5, 5.41) is 8.38. The van der Waals surface area contributed by atoms with Crippen LogP contribution in [0.15, 0.2) is 18.3 Å². The minimum atomic E-state index is -2.82. The largest absolute Gasteiger partial charge is 0.286 e. The third-order valence-electron chi connectivity index (χ3n) is 3.51. The van der Waals surface area contributed by atoms with Crippen LogP contribution in [0.3, 0.4) is 0 Å². The van der Waals surface area contributed by atoms with Gasteiger partial charge in [-0.3, -0.25) is 4.40 Å². The highest BCUT2D eigenvalue weighted by Gasteiger charge is 2.27. The highest BCUT2D eigenvalue weighted by molar-refractivity contribution is 7.91. The van der Waals surface area contributed by atoms with Gasteiger partial charge in [-0.15, -0.1) is 10.2 Å². The fourth-order valence-electron chi connectivity index (χ4n) is 2.44. The van der Waals surface area contributed by atoms with Crippen LogP contribution < -0.4 is 0 Å². The zero-order chi connectivity index (χ0) is 12.8. The quantitative estimate of drug-likeness (QED) is 0.780. The summed E-state index contributed by atoms with van der Waals surface area (Å²) >= 11 is 0. The Hall–Kier alpha value is -1.43. The third-order valence-corrected chi connectivity index (χ3v) is 5.23. The van der Waals surface area contributed by atoms with Crippen molar-refractivity contribution in [3.8, 4) is 0 Å². The van der Waals surface area contributed by atoms with Gasteiger partial charge in [-0.25, -0.2) is 8.42 Å². The Bertz CT molecular complexity index is 676. The van der Waals surface area contributed by atoms with Crippen LogP contribution in [-0.2, 0) is 9.84 Å². The predicted octanol–water partition coefficient (Wildman–Crippen LogP) is 1.33. The molecule has 96 valence electrons. The van der Waals surface area contributed by atoms with Crippen molar-refractivity contribution < 1.29 is 8.42 Å². The lowest BCUT2D eigenvalue weighted by atomic mass is 10.0. The first-order valence-electron chi connectivity index (χ1n) is 6.07. The van der Waals surface area contributed by atoms with Gasteiger partial charge < -0.3 is 0 Å². The van der Waals surface area contributed by atoms with E-state index < -0.39 is 9.84 Å².